The highest BCUT2D eigenvalue weighted by molar-refractivity contribution is 5.03. The van der Waals surface area contributed by atoms with Gasteiger partial charge in [-0.15, -0.1) is 10.2 Å². The van der Waals surface area contributed by atoms with E-state index in [0.717, 1.165) is 25.9 Å². The number of unbranched alkanes of at least 4 members (excludes halogenated alkanes) is 1. The summed E-state index contributed by atoms with van der Waals surface area (Å²) in [5, 5.41) is 35.6. The van der Waals surface area contributed by atoms with Crippen LogP contribution in [-0.4, -0.2) is 40.2 Å². The van der Waals surface area contributed by atoms with E-state index in [1.807, 2.05) is 0 Å². The van der Waals surface area contributed by atoms with Crippen LogP contribution in [0.2, 0.25) is 0 Å². The number of hydrogen-bond donors (Lipinski definition) is 2. The smallest absolute Gasteiger partial charge is 0.114 e. The number of rotatable bonds is 7. The second-order valence-electron chi connectivity index (χ2n) is 6.56. The largest absolute Gasteiger partial charge is 0.384 e. The number of aryl methyl sites for hydroxylation is 2. The average Bonchev–Trinajstić information content (AvgIpc) is 3.02. The maximum Gasteiger partial charge on any atom is 0.114 e. The number of aliphatic hydroxyl groups is 2. The lowest BCUT2D eigenvalue weighted by Gasteiger charge is -2.12. The molecular weight excluding hydrogens is 284 g/mol. The second kappa shape index (κ2) is 6.13. The Hall–Kier alpha value is -1.80. The number of nitrogens with zero attached hydrogens (tertiary/aromatic N) is 6. The van der Waals surface area contributed by atoms with Gasteiger partial charge in [-0.1, -0.05) is 10.4 Å². The molecule has 122 valence electrons. The molecule has 2 N–H and O–H groups in total. The first kappa shape index (κ1) is 16.6. The van der Waals surface area contributed by atoms with Crippen LogP contribution in [-0.2, 0) is 24.3 Å². The van der Waals surface area contributed by atoms with Gasteiger partial charge >= 0.3 is 0 Å². The van der Waals surface area contributed by atoms with Gasteiger partial charge in [0, 0.05) is 13.1 Å². The lowest BCUT2D eigenvalue weighted by Crippen LogP contribution is -2.15. The number of hydrogen-bond acceptors (Lipinski definition) is 6. The minimum Gasteiger partial charge on any atom is -0.384 e. The molecule has 0 spiro atoms. The Kier molecular flexibility index (Phi) is 4.62. The summed E-state index contributed by atoms with van der Waals surface area (Å²) in [5.74, 6) is 0. The molecule has 0 aliphatic rings. The molecule has 2 rings (SSSR count). The molecule has 0 fully saturated rings. The number of aromatic nitrogens is 6. The SMILES string of the molecule is CC(C)(O)c1cn(CCCCn2cc(C(C)(C)O)nn2)nn1. The summed E-state index contributed by atoms with van der Waals surface area (Å²) in [4.78, 5) is 0. The summed E-state index contributed by atoms with van der Waals surface area (Å²) in [7, 11) is 0. The van der Waals surface area contributed by atoms with Crippen molar-refractivity contribution < 1.29 is 10.2 Å². The summed E-state index contributed by atoms with van der Waals surface area (Å²) >= 11 is 0. The van der Waals surface area contributed by atoms with Crippen LogP contribution < -0.4 is 0 Å². The fraction of sp³-hybridized carbons (Fsp3) is 0.714. The quantitative estimate of drug-likeness (QED) is 0.734. The third-order valence-corrected chi connectivity index (χ3v) is 3.36. The first-order valence-electron chi connectivity index (χ1n) is 7.42. The van der Waals surface area contributed by atoms with Crippen LogP contribution in [0.15, 0.2) is 12.4 Å². The molecule has 0 radical (unpaired) electrons. The van der Waals surface area contributed by atoms with Gasteiger partial charge in [-0.2, -0.15) is 0 Å². The molecule has 0 aliphatic carbocycles. The van der Waals surface area contributed by atoms with Crippen LogP contribution in [0.3, 0.4) is 0 Å². The van der Waals surface area contributed by atoms with Gasteiger partial charge in [0.1, 0.15) is 22.6 Å². The molecule has 0 aromatic carbocycles. The molecule has 8 nitrogen and oxygen atoms in total. The Morgan fingerprint density at radius 2 is 1.18 bits per heavy atom. The van der Waals surface area contributed by atoms with Crippen molar-refractivity contribution in [2.24, 2.45) is 0 Å². The van der Waals surface area contributed by atoms with Gasteiger partial charge in [-0.3, -0.25) is 9.36 Å². The van der Waals surface area contributed by atoms with Crippen molar-refractivity contribution in [3.8, 4) is 0 Å². The predicted octanol–water partition coefficient (Wildman–Crippen LogP) is 0.805. The molecule has 2 heterocycles. The molecule has 22 heavy (non-hydrogen) atoms. The van der Waals surface area contributed by atoms with E-state index < -0.39 is 11.2 Å². The molecule has 0 bridgehead atoms. The van der Waals surface area contributed by atoms with E-state index in [9.17, 15) is 10.2 Å². The lowest BCUT2D eigenvalue weighted by molar-refractivity contribution is 0.0732. The first-order valence-corrected chi connectivity index (χ1v) is 7.42. The van der Waals surface area contributed by atoms with Crippen LogP contribution in [0.5, 0.6) is 0 Å². The minimum absolute atomic E-state index is 0.568. The fourth-order valence-electron chi connectivity index (χ4n) is 1.92. The first-order chi connectivity index (χ1) is 10.2. The summed E-state index contributed by atoms with van der Waals surface area (Å²) in [6.07, 6.45) is 5.35. The zero-order valence-electron chi connectivity index (χ0n) is 13.6. The van der Waals surface area contributed by atoms with Crippen molar-refractivity contribution in [3.63, 3.8) is 0 Å². The van der Waals surface area contributed by atoms with Crippen LogP contribution in [0.4, 0.5) is 0 Å². The molecule has 0 atom stereocenters. The van der Waals surface area contributed by atoms with Crippen LogP contribution in [0, 0.1) is 0 Å². The highest BCUT2D eigenvalue weighted by Crippen LogP contribution is 2.17. The topological polar surface area (TPSA) is 102 Å². The summed E-state index contributed by atoms with van der Waals surface area (Å²) in [5.41, 5.74) is -0.795. The van der Waals surface area contributed by atoms with Crippen molar-refractivity contribution in [3.05, 3.63) is 23.8 Å². The highest BCUT2D eigenvalue weighted by atomic mass is 16.3. The molecule has 8 heteroatoms. The van der Waals surface area contributed by atoms with E-state index >= 15 is 0 Å². The normalized spacial score (nSPS) is 12.8. The summed E-state index contributed by atoms with van der Waals surface area (Å²) in [6, 6.07) is 0. The van der Waals surface area contributed by atoms with E-state index in [4.69, 9.17) is 0 Å². The third kappa shape index (κ3) is 4.35. The monoisotopic (exact) mass is 308 g/mol. The van der Waals surface area contributed by atoms with E-state index in [0.29, 0.717) is 11.4 Å². The molecule has 0 saturated heterocycles. The molecule has 2 aromatic heterocycles. The lowest BCUT2D eigenvalue weighted by atomic mass is 10.1. The zero-order chi connectivity index (χ0) is 16.4. The fourth-order valence-corrected chi connectivity index (χ4v) is 1.92. The predicted molar refractivity (Wildman–Crippen MR) is 79.8 cm³/mol. The summed E-state index contributed by atoms with van der Waals surface area (Å²) in [6.45, 7) is 8.21. The van der Waals surface area contributed by atoms with Crippen molar-refractivity contribution in [1.82, 2.24) is 30.0 Å². The molecule has 0 aliphatic heterocycles. The van der Waals surface area contributed by atoms with Crippen LogP contribution in [0.1, 0.15) is 51.9 Å². The maximum atomic E-state index is 9.84. The summed E-state index contributed by atoms with van der Waals surface area (Å²) < 4.78 is 3.47. The van der Waals surface area contributed by atoms with E-state index in [-0.39, 0.29) is 0 Å². The Balaban J connectivity index is 1.78. The van der Waals surface area contributed by atoms with E-state index in [1.54, 1.807) is 49.5 Å². The zero-order valence-corrected chi connectivity index (χ0v) is 13.6. The Labute approximate surface area is 129 Å². The molecule has 0 amide bonds. The Morgan fingerprint density at radius 3 is 1.45 bits per heavy atom. The Bertz CT molecular complexity index is 551. The maximum absolute atomic E-state index is 9.84. The molecule has 0 saturated carbocycles. The van der Waals surface area contributed by atoms with E-state index in [1.165, 1.54) is 0 Å². The van der Waals surface area contributed by atoms with Gasteiger partial charge in [-0.05, 0) is 40.5 Å². The second-order valence-corrected chi connectivity index (χ2v) is 6.56. The van der Waals surface area contributed by atoms with Gasteiger partial charge in [0.05, 0.1) is 12.4 Å². The van der Waals surface area contributed by atoms with Gasteiger partial charge in [0.2, 0.25) is 0 Å². The van der Waals surface area contributed by atoms with Gasteiger partial charge in [-0.25, -0.2) is 0 Å². The highest BCUT2D eigenvalue weighted by Gasteiger charge is 2.20. The van der Waals surface area contributed by atoms with Crippen molar-refractivity contribution >= 4 is 0 Å². The standard InChI is InChI=1S/C14H24N6O2/c1-13(2,21)11-9-19(17-15-11)7-5-6-8-20-10-12(16-18-20)14(3,4)22/h9-10,21-22H,5-8H2,1-4H3. The van der Waals surface area contributed by atoms with Crippen LogP contribution >= 0.6 is 0 Å². The van der Waals surface area contributed by atoms with Crippen molar-refractivity contribution in [1.29, 1.82) is 0 Å². The molecular formula is C14H24N6O2. The van der Waals surface area contributed by atoms with Crippen molar-refractivity contribution in [2.75, 3.05) is 0 Å². The van der Waals surface area contributed by atoms with E-state index in [2.05, 4.69) is 20.6 Å². The van der Waals surface area contributed by atoms with Gasteiger partial charge < -0.3 is 10.2 Å². The average molecular weight is 308 g/mol. The van der Waals surface area contributed by atoms with Crippen LogP contribution in [0.25, 0.3) is 0 Å². The van der Waals surface area contributed by atoms with Gasteiger partial charge in [0.25, 0.3) is 0 Å². The molecule has 2 aromatic rings. The van der Waals surface area contributed by atoms with Gasteiger partial charge in [0.15, 0.2) is 0 Å². The minimum atomic E-state index is -0.966. The molecule has 0 unspecified atom stereocenters. The third-order valence-electron chi connectivity index (χ3n) is 3.36. The van der Waals surface area contributed by atoms with Crippen molar-refractivity contribution in [2.45, 2.75) is 64.8 Å². The Morgan fingerprint density at radius 1 is 0.818 bits per heavy atom.